The van der Waals surface area contributed by atoms with Crippen molar-refractivity contribution in [2.24, 2.45) is 11.8 Å². The third-order valence-electron chi connectivity index (χ3n) is 7.96. The molecule has 3 rings (SSSR count). The van der Waals surface area contributed by atoms with Gasteiger partial charge in [-0.05, 0) is 61.4 Å². The monoisotopic (exact) mass is 696 g/mol. The van der Waals surface area contributed by atoms with Crippen molar-refractivity contribution in [3.63, 3.8) is 0 Å². The van der Waals surface area contributed by atoms with Crippen LogP contribution >= 0.6 is 0 Å². The highest BCUT2D eigenvalue weighted by Gasteiger charge is 2.39. The number of unbranched alkanes of at least 4 members (excludes halogenated alkanes) is 1. The number of esters is 1. The fourth-order valence-corrected chi connectivity index (χ4v) is 5.33. The molecule has 0 heterocycles. The highest BCUT2D eigenvalue weighted by molar-refractivity contribution is 5.84. The maximum absolute atomic E-state index is 12.9. The predicted octanol–water partition coefficient (Wildman–Crippen LogP) is 4.24. The SMILES string of the molecule is CC(NC(=O)CCC/C=C\C[C@@H]1[C@@H](/C=C/[C@@H](O)COc2cccc(C(F)(F)F)c2)[C@H](O)C[C@@H]1O)C(=O)OCc1ccccc1CON(O)O. The second kappa shape index (κ2) is 19.4. The van der Waals surface area contributed by atoms with Gasteiger partial charge in [0.2, 0.25) is 5.91 Å². The van der Waals surface area contributed by atoms with Crippen LogP contribution in [0.4, 0.5) is 13.2 Å². The number of aliphatic hydroxyl groups is 3. The minimum atomic E-state index is -4.52. The van der Waals surface area contributed by atoms with Crippen molar-refractivity contribution in [1.82, 2.24) is 10.7 Å². The summed E-state index contributed by atoms with van der Waals surface area (Å²) in [7, 11) is 0. The molecule has 1 saturated carbocycles. The average Bonchev–Trinajstić information content (AvgIpc) is 3.33. The van der Waals surface area contributed by atoms with Crippen LogP contribution in [-0.2, 0) is 38.6 Å². The number of halogens is 3. The lowest BCUT2D eigenvalue weighted by Gasteiger charge is -2.19. The number of benzene rings is 2. The molecule has 0 aliphatic heterocycles. The molecule has 0 spiro atoms. The number of nitrogens with zero attached hydrogens (tertiary/aromatic N) is 1. The van der Waals surface area contributed by atoms with Crippen LogP contribution in [0.1, 0.15) is 55.7 Å². The number of carbonyl (C=O) groups is 2. The van der Waals surface area contributed by atoms with Gasteiger partial charge in [0.25, 0.3) is 0 Å². The van der Waals surface area contributed by atoms with Crippen LogP contribution < -0.4 is 10.1 Å². The zero-order chi connectivity index (χ0) is 36.0. The smallest absolute Gasteiger partial charge is 0.416 e. The number of allylic oxidation sites excluding steroid dienone is 2. The summed E-state index contributed by atoms with van der Waals surface area (Å²) in [6, 6.07) is 10.2. The topological polar surface area (TPSA) is 178 Å². The van der Waals surface area contributed by atoms with E-state index in [0.29, 0.717) is 30.4 Å². The van der Waals surface area contributed by atoms with Gasteiger partial charge in [-0.3, -0.25) is 15.2 Å². The third kappa shape index (κ3) is 13.5. The second-order valence-electron chi connectivity index (χ2n) is 11.7. The van der Waals surface area contributed by atoms with E-state index in [1.54, 1.807) is 30.3 Å². The third-order valence-corrected chi connectivity index (χ3v) is 7.96. The quantitative estimate of drug-likeness (QED) is 0.0569. The van der Waals surface area contributed by atoms with Crippen molar-refractivity contribution in [2.45, 2.75) is 82.8 Å². The van der Waals surface area contributed by atoms with Crippen molar-refractivity contribution in [3.8, 4) is 5.75 Å². The van der Waals surface area contributed by atoms with Gasteiger partial charge in [0.05, 0.1) is 29.8 Å². The number of rotatable bonds is 18. The molecule has 1 fully saturated rings. The molecule has 1 amide bonds. The second-order valence-corrected chi connectivity index (χ2v) is 11.7. The van der Waals surface area contributed by atoms with E-state index in [9.17, 15) is 38.1 Å². The molecule has 2 aromatic carbocycles. The molecular formula is C34H43F3N2O10. The summed E-state index contributed by atoms with van der Waals surface area (Å²) < 4.78 is 49.3. The number of hydrogen-bond acceptors (Lipinski definition) is 11. The van der Waals surface area contributed by atoms with E-state index >= 15 is 0 Å². The molecule has 6 N–H and O–H groups in total. The molecule has 1 unspecified atom stereocenters. The van der Waals surface area contributed by atoms with E-state index < -0.39 is 53.4 Å². The van der Waals surface area contributed by atoms with Crippen molar-refractivity contribution in [2.75, 3.05) is 6.61 Å². The summed E-state index contributed by atoms with van der Waals surface area (Å²) in [6.07, 6.45) is 1.13. The molecule has 0 aromatic heterocycles. The molecule has 0 saturated heterocycles. The van der Waals surface area contributed by atoms with Gasteiger partial charge in [0.15, 0.2) is 0 Å². The zero-order valence-electron chi connectivity index (χ0n) is 26.9. The fraction of sp³-hybridized carbons (Fsp3) is 0.471. The van der Waals surface area contributed by atoms with Gasteiger partial charge in [0, 0.05) is 18.8 Å². The Morgan fingerprint density at radius 2 is 1.76 bits per heavy atom. The first-order valence-electron chi connectivity index (χ1n) is 15.8. The van der Waals surface area contributed by atoms with Crippen molar-refractivity contribution >= 4 is 11.9 Å². The molecule has 1 aliphatic carbocycles. The van der Waals surface area contributed by atoms with Crippen LogP contribution in [0.2, 0.25) is 0 Å². The minimum Gasteiger partial charge on any atom is -0.491 e. The highest BCUT2D eigenvalue weighted by atomic mass is 19.4. The number of hydrogen-bond donors (Lipinski definition) is 6. The predicted molar refractivity (Wildman–Crippen MR) is 167 cm³/mol. The van der Waals surface area contributed by atoms with Crippen LogP contribution in [0.3, 0.4) is 0 Å². The summed E-state index contributed by atoms with van der Waals surface area (Å²) in [5.41, 5.74) is 0.289. The number of carbonyl (C=O) groups excluding carboxylic acids is 2. The first-order chi connectivity index (χ1) is 23.2. The standard InChI is InChI=1S/C34H43F3N2O10/c1-22(33(44)48-19-23-9-6-7-10-24(23)20-49-39(45)46)38-32(43)14-5-3-2-4-13-28-29(31(42)18-30(28)41)16-15-26(40)21-47-27-12-8-11-25(17-27)34(35,36)37/h2,4,6-12,15-17,22,26,28-31,40-42,45-46H,3,5,13-14,18-21H2,1H3,(H,38,43)/b4-2-,16-15+/t22?,26-,28-,29-,30+,31-/m1/s1. The Morgan fingerprint density at radius 1 is 1.04 bits per heavy atom. The van der Waals surface area contributed by atoms with Crippen LogP contribution in [0.5, 0.6) is 5.75 Å². The van der Waals surface area contributed by atoms with Gasteiger partial charge in [-0.2, -0.15) is 13.2 Å². The van der Waals surface area contributed by atoms with Crippen molar-refractivity contribution in [3.05, 3.63) is 89.5 Å². The summed E-state index contributed by atoms with van der Waals surface area (Å²) in [6.45, 7) is 0.920. The van der Waals surface area contributed by atoms with Gasteiger partial charge in [-0.1, -0.05) is 54.6 Å². The molecule has 1 aliphatic rings. The summed E-state index contributed by atoms with van der Waals surface area (Å²) in [4.78, 5) is 29.4. The first kappa shape index (κ1) is 39.6. The summed E-state index contributed by atoms with van der Waals surface area (Å²) in [5, 5.41) is 50.9. The largest absolute Gasteiger partial charge is 0.491 e. The fourth-order valence-electron chi connectivity index (χ4n) is 5.33. The molecular weight excluding hydrogens is 653 g/mol. The maximum Gasteiger partial charge on any atom is 0.416 e. The van der Waals surface area contributed by atoms with E-state index in [1.807, 2.05) is 12.2 Å². The zero-order valence-corrected chi connectivity index (χ0v) is 26.9. The van der Waals surface area contributed by atoms with E-state index in [-0.39, 0.29) is 50.2 Å². The van der Waals surface area contributed by atoms with Gasteiger partial charge >= 0.3 is 12.1 Å². The maximum atomic E-state index is 12.9. The van der Waals surface area contributed by atoms with E-state index in [1.165, 1.54) is 25.1 Å². The Labute approximate surface area is 281 Å². The molecule has 2 aromatic rings. The van der Waals surface area contributed by atoms with Gasteiger partial charge in [-0.15, -0.1) is 0 Å². The number of nitrogens with one attached hydrogen (secondary N) is 1. The summed E-state index contributed by atoms with van der Waals surface area (Å²) >= 11 is 0. The molecule has 270 valence electrons. The van der Waals surface area contributed by atoms with Gasteiger partial charge in [0.1, 0.15) is 31.1 Å². The van der Waals surface area contributed by atoms with Crippen LogP contribution in [0.15, 0.2) is 72.8 Å². The molecule has 0 radical (unpaired) electrons. The summed E-state index contributed by atoms with van der Waals surface area (Å²) in [5.74, 6) is -1.84. The van der Waals surface area contributed by atoms with Crippen LogP contribution in [0.25, 0.3) is 0 Å². The molecule has 49 heavy (non-hydrogen) atoms. The van der Waals surface area contributed by atoms with Crippen molar-refractivity contribution in [1.29, 1.82) is 0 Å². The van der Waals surface area contributed by atoms with Crippen LogP contribution in [0, 0.1) is 11.8 Å². The lowest BCUT2D eigenvalue weighted by atomic mass is 9.89. The lowest BCUT2D eigenvalue weighted by Crippen LogP contribution is -2.39. The Balaban J connectivity index is 1.37. The van der Waals surface area contributed by atoms with E-state index in [4.69, 9.17) is 19.9 Å². The number of alkyl halides is 3. The normalized spacial score (nSPS) is 20.9. The van der Waals surface area contributed by atoms with Crippen molar-refractivity contribution < 1.29 is 62.8 Å². The van der Waals surface area contributed by atoms with E-state index in [2.05, 4.69) is 10.2 Å². The number of amides is 1. The van der Waals surface area contributed by atoms with Gasteiger partial charge < -0.3 is 30.1 Å². The molecule has 15 heteroatoms. The average molecular weight is 697 g/mol. The Kier molecular flexibility index (Phi) is 15.7. The lowest BCUT2D eigenvalue weighted by molar-refractivity contribution is -0.497. The Morgan fingerprint density at radius 3 is 2.45 bits per heavy atom. The molecule has 12 nitrogen and oxygen atoms in total. The number of aliphatic hydroxyl groups excluding tert-OH is 3. The number of ether oxygens (including phenoxy) is 2. The van der Waals surface area contributed by atoms with Gasteiger partial charge in [-0.25, -0.2) is 9.63 Å². The van der Waals surface area contributed by atoms with E-state index in [0.717, 1.165) is 12.1 Å². The molecule has 6 atom stereocenters. The highest BCUT2D eigenvalue weighted by Crippen LogP contribution is 2.36. The Hall–Kier alpha value is -3.83. The first-order valence-corrected chi connectivity index (χ1v) is 15.8. The minimum absolute atomic E-state index is 0.0434. The molecule has 0 bridgehead atoms. The Bertz CT molecular complexity index is 1400. The van der Waals surface area contributed by atoms with Crippen LogP contribution in [-0.4, -0.2) is 74.0 Å².